The van der Waals surface area contributed by atoms with Crippen molar-refractivity contribution < 1.29 is 32.8 Å². The van der Waals surface area contributed by atoms with Crippen molar-refractivity contribution in [3.05, 3.63) is 109 Å². The Kier molecular flexibility index (Phi) is 50.8. The van der Waals surface area contributed by atoms with Gasteiger partial charge in [0.25, 0.3) is 0 Å². The summed E-state index contributed by atoms with van der Waals surface area (Å²) >= 11 is 0. The molecule has 0 aliphatic carbocycles. The Hall–Kier alpha value is -2.84. The van der Waals surface area contributed by atoms with Crippen LogP contribution in [0.5, 0.6) is 0 Å². The molecule has 9 heteroatoms. The molecule has 2 unspecified atom stereocenters. The third kappa shape index (κ3) is 52.1. The minimum atomic E-state index is -4.31. The molecule has 0 fully saturated rings. The van der Waals surface area contributed by atoms with Gasteiger partial charge in [0.1, 0.15) is 6.10 Å². The Labute approximate surface area is 405 Å². The van der Waals surface area contributed by atoms with Gasteiger partial charge < -0.3 is 20.1 Å². The lowest BCUT2D eigenvalue weighted by Gasteiger charge is -2.20. The van der Waals surface area contributed by atoms with Gasteiger partial charge in [-0.1, -0.05) is 207 Å². The highest BCUT2D eigenvalue weighted by Gasteiger charge is 2.25. The smallest absolute Gasteiger partial charge is 0.457 e. The average molecular weight is 940 g/mol. The monoisotopic (exact) mass is 940 g/mol. The SMILES string of the molecule is CC/C=C\C/C=C\C/C=C\C/C=C\C/C=C\C/C=C\CCCCC(=O)OC(COCCCCCCCCCCCCC/C=C\C/C=C\C/C=C\CCCCCCC)COP(=O)(O)OCCN. The van der Waals surface area contributed by atoms with Crippen molar-refractivity contribution >= 4 is 13.8 Å². The van der Waals surface area contributed by atoms with E-state index in [1.54, 1.807) is 0 Å². The summed E-state index contributed by atoms with van der Waals surface area (Å²) in [6.07, 6.45) is 72.7. The van der Waals surface area contributed by atoms with Crippen LogP contribution in [0.4, 0.5) is 0 Å². The largest absolute Gasteiger partial charge is 0.472 e. The second-order valence-corrected chi connectivity index (χ2v) is 18.5. The zero-order valence-corrected chi connectivity index (χ0v) is 43.0. The summed E-state index contributed by atoms with van der Waals surface area (Å²) in [5.74, 6) is -0.376. The second kappa shape index (κ2) is 53.1. The zero-order valence-electron chi connectivity index (χ0n) is 42.1. The van der Waals surface area contributed by atoms with Crippen molar-refractivity contribution in [2.24, 2.45) is 5.73 Å². The van der Waals surface area contributed by atoms with Crippen molar-refractivity contribution in [2.45, 2.75) is 213 Å². The third-order valence-corrected chi connectivity index (χ3v) is 11.7. The summed E-state index contributed by atoms with van der Waals surface area (Å²) in [4.78, 5) is 22.6. The van der Waals surface area contributed by atoms with E-state index in [4.69, 9.17) is 24.3 Å². The maximum absolute atomic E-state index is 12.6. The fourth-order valence-corrected chi connectivity index (χ4v) is 7.60. The molecule has 0 saturated carbocycles. The molecule has 378 valence electrons. The number of rotatable bonds is 49. The average Bonchev–Trinajstić information content (AvgIpc) is 3.31. The molecule has 0 aromatic heterocycles. The van der Waals surface area contributed by atoms with E-state index in [1.807, 2.05) is 0 Å². The van der Waals surface area contributed by atoms with Gasteiger partial charge >= 0.3 is 13.8 Å². The molecule has 0 heterocycles. The predicted octanol–water partition coefficient (Wildman–Crippen LogP) is 16.8. The molecule has 0 aromatic carbocycles. The van der Waals surface area contributed by atoms with Gasteiger partial charge in [0.05, 0.1) is 19.8 Å². The number of carbonyl (C=O) groups excluding carboxylic acids is 1. The molecular formula is C57H98NO7P. The molecule has 8 nitrogen and oxygen atoms in total. The lowest BCUT2D eigenvalue weighted by atomic mass is 10.1. The highest BCUT2D eigenvalue weighted by Crippen LogP contribution is 2.43. The van der Waals surface area contributed by atoms with E-state index in [1.165, 1.54) is 103 Å². The number of ether oxygens (including phenoxy) is 2. The van der Waals surface area contributed by atoms with Crippen molar-refractivity contribution in [3.63, 3.8) is 0 Å². The number of carbonyl (C=O) groups is 1. The van der Waals surface area contributed by atoms with Gasteiger partial charge in [0, 0.05) is 19.6 Å². The molecule has 66 heavy (non-hydrogen) atoms. The molecule has 0 rings (SSSR count). The maximum Gasteiger partial charge on any atom is 0.472 e. The summed E-state index contributed by atoms with van der Waals surface area (Å²) in [6, 6.07) is 0. The topological polar surface area (TPSA) is 117 Å². The number of esters is 1. The quantitative estimate of drug-likeness (QED) is 0.0268. The summed E-state index contributed by atoms with van der Waals surface area (Å²) in [6.45, 7) is 4.72. The van der Waals surface area contributed by atoms with Crippen molar-refractivity contribution in [3.8, 4) is 0 Å². The lowest BCUT2D eigenvalue weighted by molar-refractivity contribution is -0.154. The molecule has 0 bridgehead atoms. The minimum absolute atomic E-state index is 0.0865. The van der Waals surface area contributed by atoms with Crippen LogP contribution in [0.25, 0.3) is 0 Å². The van der Waals surface area contributed by atoms with Crippen LogP contribution >= 0.6 is 7.82 Å². The molecule has 0 amide bonds. The van der Waals surface area contributed by atoms with E-state index in [-0.39, 0.29) is 38.8 Å². The van der Waals surface area contributed by atoms with E-state index < -0.39 is 13.9 Å². The van der Waals surface area contributed by atoms with Crippen LogP contribution in [-0.4, -0.2) is 49.9 Å². The highest BCUT2D eigenvalue weighted by molar-refractivity contribution is 7.47. The fourth-order valence-electron chi connectivity index (χ4n) is 6.83. The fraction of sp³-hybridized carbons (Fsp3) is 0.667. The standard InChI is InChI=1S/C57H98NO7P/c1-3-5-7-9-11-13-15-17-19-21-23-25-26-27-28-29-31-33-35-37-39-41-43-45-47-49-52-62-54-56(55-64-66(60,61)63-53-51-58)65-57(59)50-48-46-44-42-40-38-36-34-32-30-24-22-20-18-16-14-12-10-8-6-4-2/h6,8,12,14-15,17-18,20-21,23-24,26-27,30,34,36,40,42,56H,3-5,7,9-11,13,16,19,22,25,28-29,31-33,35,37-39,41,43-55,58H2,1-2H3,(H,60,61)/b8-6-,14-12-,17-15-,20-18-,23-21-,27-26-,30-24-,36-34-,42-40-. The van der Waals surface area contributed by atoms with Crippen molar-refractivity contribution in [2.75, 3.05) is 33.0 Å². The van der Waals surface area contributed by atoms with Gasteiger partial charge in [-0.2, -0.15) is 0 Å². The Morgan fingerprint density at radius 2 is 0.848 bits per heavy atom. The summed E-state index contributed by atoms with van der Waals surface area (Å²) in [5.41, 5.74) is 5.39. The van der Waals surface area contributed by atoms with Gasteiger partial charge in [-0.25, -0.2) is 4.57 Å². The zero-order chi connectivity index (χ0) is 48.0. The molecular weight excluding hydrogens is 842 g/mol. The van der Waals surface area contributed by atoms with Crippen LogP contribution in [0.2, 0.25) is 0 Å². The molecule has 3 N–H and O–H groups in total. The molecule has 2 atom stereocenters. The summed E-state index contributed by atoms with van der Waals surface area (Å²) in [7, 11) is -4.31. The number of allylic oxidation sites excluding steroid dienone is 18. The van der Waals surface area contributed by atoms with E-state index in [2.05, 4.69) is 123 Å². The van der Waals surface area contributed by atoms with Crippen LogP contribution in [0, 0.1) is 0 Å². The van der Waals surface area contributed by atoms with Gasteiger partial charge in [0.15, 0.2) is 0 Å². The molecule has 0 radical (unpaired) electrons. The third-order valence-electron chi connectivity index (χ3n) is 10.7. The molecule has 0 aliphatic heterocycles. The number of nitrogens with two attached hydrogens (primary N) is 1. The van der Waals surface area contributed by atoms with Gasteiger partial charge in [-0.3, -0.25) is 13.8 Å². The minimum Gasteiger partial charge on any atom is -0.457 e. The van der Waals surface area contributed by atoms with Crippen LogP contribution in [-0.2, 0) is 27.9 Å². The highest BCUT2D eigenvalue weighted by atomic mass is 31.2. The first kappa shape index (κ1) is 63.2. The van der Waals surface area contributed by atoms with Crippen LogP contribution in [0.15, 0.2) is 109 Å². The normalized spacial score (nSPS) is 14.2. The predicted molar refractivity (Wildman–Crippen MR) is 284 cm³/mol. The van der Waals surface area contributed by atoms with E-state index in [0.29, 0.717) is 13.0 Å². The van der Waals surface area contributed by atoms with E-state index in [9.17, 15) is 14.3 Å². The molecule has 0 aromatic rings. The lowest BCUT2D eigenvalue weighted by Crippen LogP contribution is -2.28. The van der Waals surface area contributed by atoms with Gasteiger partial charge in [-0.05, 0) is 103 Å². The number of hydrogen-bond acceptors (Lipinski definition) is 7. The van der Waals surface area contributed by atoms with Crippen molar-refractivity contribution in [1.29, 1.82) is 0 Å². The number of unbranched alkanes of at least 4 members (excludes halogenated alkanes) is 18. The van der Waals surface area contributed by atoms with Crippen LogP contribution in [0.3, 0.4) is 0 Å². The molecule has 0 aliphatic rings. The van der Waals surface area contributed by atoms with E-state index >= 15 is 0 Å². The number of phosphoric acid groups is 1. The van der Waals surface area contributed by atoms with Gasteiger partial charge in [0.2, 0.25) is 0 Å². The molecule has 0 spiro atoms. The first-order valence-electron chi connectivity index (χ1n) is 26.4. The summed E-state index contributed by atoms with van der Waals surface area (Å²) in [5, 5.41) is 0. The number of phosphoric ester groups is 1. The van der Waals surface area contributed by atoms with Crippen molar-refractivity contribution in [1.82, 2.24) is 0 Å². The Morgan fingerprint density at radius 1 is 0.470 bits per heavy atom. The van der Waals surface area contributed by atoms with Crippen LogP contribution in [0.1, 0.15) is 206 Å². The Morgan fingerprint density at radius 3 is 1.27 bits per heavy atom. The Balaban J connectivity index is 4.04. The molecule has 0 saturated heterocycles. The second-order valence-electron chi connectivity index (χ2n) is 17.0. The Bertz CT molecular complexity index is 1380. The summed E-state index contributed by atoms with van der Waals surface area (Å²) < 4.78 is 33.6. The van der Waals surface area contributed by atoms with Crippen LogP contribution < -0.4 is 5.73 Å². The maximum atomic E-state index is 12.6. The first-order valence-corrected chi connectivity index (χ1v) is 27.9. The van der Waals surface area contributed by atoms with Gasteiger partial charge in [-0.15, -0.1) is 0 Å². The number of hydrogen-bond donors (Lipinski definition) is 2. The van der Waals surface area contributed by atoms with E-state index in [0.717, 1.165) is 77.0 Å². The first-order chi connectivity index (χ1) is 32.4.